The number of nitrogens with zero attached hydrogens (tertiary/aromatic N) is 1. The number of aliphatic carboxylic acids is 1. The van der Waals surface area contributed by atoms with Crippen molar-refractivity contribution in [3.8, 4) is 0 Å². The molecule has 8 nitrogen and oxygen atoms in total. The third-order valence-corrected chi connectivity index (χ3v) is 6.13. The van der Waals surface area contributed by atoms with E-state index >= 15 is 0 Å². The molecular formula is C28H27N3O5. The minimum absolute atomic E-state index is 0.0628. The zero-order chi connectivity index (χ0) is 25.5. The number of hydrogen-bond donors (Lipinski definition) is 3. The van der Waals surface area contributed by atoms with Crippen LogP contribution in [0.4, 0.5) is 5.69 Å². The summed E-state index contributed by atoms with van der Waals surface area (Å²) >= 11 is 0. The molecule has 0 radical (unpaired) electrons. The molecule has 0 aliphatic carbocycles. The maximum absolute atomic E-state index is 13.0. The van der Waals surface area contributed by atoms with Crippen molar-refractivity contribution in [1.82, 2.24) is 10.2 Å². The van der Waals surface area contributed by atoms with Gasteiger partial charge in [-0.05, 0) is 41.8 Å². The number of carbonyl (C=O) groups is 4. The maximum atomic E-state index is 13.0. The number of carbonyl (C=O) groups excluding carboxylic acids is 3. The van der Waals surface area contributed by atoms with Gasteiger partial charge in [0, 0.05) is 30.6 Å². The number of amides is 3. The van der Waals surface area contributed by atoms with Crippen molar-refractivity contribution in [3.63, 3.8) is 0 Å². The van der Waals surface area contributed by atoms with Gasteiger partial charge in [0.1, 0.15) is 12.1 Å². The molecule has 0 saturated carbocycles. The summed E-state index contributed by atoms with van der Waals surface area (Å²) in [5.41, 5.74) is 2.69. The van der Waals surface area contributed by atoms with Crippen LogP contribution in [0.2, 0.25) is 0 Å². The Morgan fingerprint density at radius 1 is 0.889 bits per heavy atom. The van der Waals surface area contributed by atoms with Gasteiger partial charge in [0.2, 0.25) is 11.8 Å². The van der Waals surface area contributed by atoms with Crippen molar-refractivity contribution in [2.24, 2.45) is 0 Å². The van der Waals surface area contributed by atoms with Crippen LogP contribution in [0.1, 0.15) is 34.3 Å². The van der Waals surface area contributed by atoms with Crippen LogP contribution in [0.3, 0.4) is 0 Å². The van der Waals surface area contributed by atoms with E-state index in [1.54, 1.807) is 48.5 Å². The Labute approximate surface area is 208 Å². The average molecular weight is 486 g/mol. The summed E-state index contributed by atoms with van der Waals surface area (Å²) in [5.74, 6) is -2.01. The van der Waals surface area contributed by atoms with Crippen molar-refractivity contribution in [2.45, 2.75) is 37.9 Å². The van der Waals surface area contributed by atoms with Crippen LogP contribution in [0.15, 0.2) is 84.9 Å². The first-order valence-electron chi connectivity index (χ1n) is 11.7. The van der Waals surface area contributed by atoms with Gasteiger partial charge in [0.25, 0.3) is 5.91 Å². The van der Waals surface area contributed by atoms with Crippen molar-refractivity contribution in [2.75, 3.05) is 5.32 Å². The number of carboxylic acids is 1. The first-order valence-corrected chi connectivity index (χ1v) is 11.7. The van der Waals surface area contributed by atoms with Crippen LogP contribution in [-0.2, 0) is 27.3 Å². The fraction of sp³-hybridized carbons (Fsp3) is 0.214. The van der Waals surface area contributed by atoms with E-state index in [1.807, 2.05) is 36.4 Å². The summed E-state index contributed by atoms with van der Waals surface area (Å²) in [6.07, 6.45) is 0.659. The summed E-state index contributed by atoms with van der Waals surface area (Å²) in [6.45, 7) is 0.297. The summed E-state index contributed by atoms with van der Waals surface area (Å²) in [7, 11) is 0. The van der Waals surface area contributed by atoms with E-state index in [4.69, 9.17) is 0 Å². The second-order valence-corrected chi connectivity index (χ2v) is 8.68. The zero-order valence-corrected chi connectivity index (χ0v) is 19.6. The molecule has 1 aliphatic rings. The molecule has 1 aliphatic heterocycles. The molecule has 184 valence electrons. The lowest BCUT2D eigenvalue weighted by molar-refractivity contribution is -0.143. The van der Waals surface area contributed by atoms with E-state index < -0.39 is 24.0 Å². The lowest BCUT2D eigenvalue weighted by Crippen LogP contribution is -2.50. The Hall–Kier alpha value is -4.46. The third kappa shape index (κ3) is 6.15. The molecule has 0 bridgehead atoms. The van der Waals surface area contributed by atoms with Gasteiger partial charge >= 0.3 is 5.97 Å². The van der Waals surface area contributed by atoms with E-state index in [1.165, 1.54) is 4.90 Å². The quantitative estimate of drug-likeness (QED) is 0.430. The largest absolute Gasteiger partial charge is 0.480 e. The lowest BCUT2D eigenvalue weighted by Gasteiger charge is -2.26. The molecule has 36 heavy (non-hydrogen) atoms. The molecule has 3 N–H and O–H groups in total. The second kappa shape index (κ2) is 11.3. The highest BCUT2D eigenvalue weighted by molar-refractivity contribution is 6.04. The predicted octanol–water partition coefficient (Wildman–Crippen LogP) is 3.24. The smallest absolute Gasteiger partial charge is 0.326 e. The summed E-state index contributed by atoms with van der Waals surface area (Å²) in [5, 5.41) is 15.1. The van der Waals surface area contributed by atoms with Gasteiger partial charge in [-0.2, -0.15) is 0 Å². The number of benzene rings is 3. The van der Waals surface area contributed by atoms with Crippen LogP contribution in [0.25, 0.3) is 0 Å². The van der Waals surface area contributed by atoms with Crippen molar-refractivity contribution >= 4 is 29.4 Å². The van der Waals surface area contributed by atoms with Gasteiger partial charge in [-0.3, -0.25) is 14.4 Å². The first-order chi connectivity index (χ1) is 17.4. The average Bonchev–Trinajstić information content (AvgIpc) is 3.25. The lowest BCUT2D eigenvalue weighted by atomic mass is 10.0. The highest BCUT2D eigenvalue weighted by Crippen LogP contribution is 2.22. The topological polar surface area (TPSA) is 116 Å². The van der Waals surface area contributed by atoms with Crippen molar-refractivity contribution in [3.05, 3.63) is 102 Å². The summed E-state index contributed by atoms with van der Waals surface area (Å²) in [6, 6.07) is 23.1. The molecule has 2 atom stereocenters. The normalized spacial score (nSPS) is 15.8. The first kappa shape index (κ1) is 24.7. The second-order valence-electron chi connectivity index (χ2n) is 8.68. The van der Waals surface area contributed by atoms with Crippen LogP contribution >= 0.6 is 0 Å². The standard InChI is InChI=1S/C28H27N3O5/c32-25-16-15-24(31(25)18-20-7-3-1-4-8-20)27(34)30-23(28(35)36)17-19-11-13-22(14-12-19)29-26(33)21-9-5-2-6-10-21/h1-14,23-24H,15-18H2,(H,29,33)(H,30,34)(H,35,36)/t23-,24-/m0/s1. The molecule has 0 spiro atoms. The molecule has 1 fully saturated rings. The number of hydrogen-bond acceptors (Lipinski definition) is 4. The monoisotopic (exact) mass is 485 g/mol. The Morgan fingerprint density at radius 2 is 1.53 bits per heavy atom. The van der Waals surface area contributed by atoms with Crippen LogP contribution in [0.5, 0.6) is 0 Å². The summed E-state index contributed by atoms with van der Waals surface area (Å²) < 4.78 is 0. The number of anilines is 1. The molecule has 1 heterocycles. The van der Waals surface area contributed by atoms with Crippen LogP contribution in [0, 0.1) is 0 Å². The SMILES string of the molecule is O=C(Nc1ccc(C[C@H](NC(=O)[C@@H]2CCC(=O)N2Cc2ccccc2)C(=O)O)cc1)c1ccccc1. The molecule has 3 aromatic rings. The van der Waals surface area contributed by atoms with E-state index in [9.17, 15) is 24.3 Å². The van der Waals surface area contributed by atoms with Crippen molar-refractivity contribution < 1.29 is 24.3 Å². The highest BCUT2D eigenvalue weighted by atomic mass is 16.4. The molecule has 8 heteroatoms. The van der Waals surface area contributed by atoms with Gasteiger partial charge in [-0.1, -0.05) is 60.7 Å². The van der Waals surface area contributed by atoms with Crippen LogP contribution < -0.4 is 10.6 Å². The maximum Gasteiger partial charge on any atom is 0.326 e. The number of carboxylic acid groups (broad SMARTS) is 1. The number of likely N-dealkylation sites (tertiary alicyclic amines) is 1. The molecular weight excluding hydrogens is 458 g/mol. The minimum atomic E-state index is -1.16. The van der Waals surface area contributed by atoms with Gasteiger partial charge < -0.3 is 20.6 Å². The molecule has 3 aromatic carbocycles. The van der Waals surface area contributed by atoms with Gasteiger partial charge in [0.15, 0.2) is 0 Å². The fourth-order valence-corrected chi connectivity index (χ4v) is 4.21. The van der Waals surface area contributed by atoms with Gasteiger partial charge in [-0.15, -0.1) is 0 Å². The molecule has 3 amide bonds. The molecule has 0 unspecified atom stereocenters. The Balaban J connectivity index is 1.37. The Morgan fingerprint density at radius 3 is 2.17 bits per heavy atom. The van der Waals surface area contributed by atoms with E-state index in [-0.39, 0.29) is 24.7 Å². The van der Waals surface area contributed by atoms with Crippen LogP contribution in [-0.4, -0.2) is 45.8 Å². The van der Waals surface area contributed by atoms with E-state index in [0.29, 0.717) is 29.8 Å². The molecule has 0 aromatic heterocycles. The Bertz CT molecular complexity index is 1230. The van der Waals surface area contributed by atoms with E-state index in [2.05, 4.69) is 10.6 Å². The van der Waals surface area contributed by atoms with E-state index in [0.717, 1.165) is 5.56 Å². The number of rotatable bonds is 9. The minimum Gasteiger partial charge on any atom is -0.480 e. The fourth-order valence-electron chi connectivity index (χ4n) is 4.21. The third-order valence-electron chi connectivity index (χ3n) is 6.13. The summed E-state index contributed by atoms with van der Waals surface area (Å²) in [4.78, 5) is 51.1. The van der Waals surface area contributed by atoms with Gasteiger partial charge in [0.05, 0.1) is 0 Å². The van der Waals surface area contributed by atoms with Crippen molar-refractivity contribution in [1.29, 1.82) is 0 Å². The zero-order valence-electron chi connectivity index (χ0n) is 19.6. The Kier molecular flexibility index (Phi) is 7.75. The molecule has 4 rings (SSSR count). The molecule has 1 saturated heterocycles. The predicted molar refractivity (Wildman–Crippen MR) is 134 cm³/mol. The number of nitrogens with one attached hydrogen (secondary N) is 2. The highest BCUT2D eigenvalue weighted by Gasteiger charge is 2.37. The van der Waals surface area contributed by atoms with Gasteiger partial charge in [-0.25, -0.2) is 4.79 Å².